The minimum Gasteiger partial charge on any atom is -0.319 e. The monoisotopic (exact) mass is 249 g/mol. The summed E-state index contributed by atoms with van der Waals surface area (Å²) in [7, 11) is 8.44. The van der Waals surface area contributed by atoms with Gasteiger partial charge in [-0.2, -0.15) is 0 Å². The summed E-state index contributed by atoms with van der Waals surface area (Å²) in [4.78, 5) is 4.61. The van der Waals surface area contributed by atoms with Crippen LogP contribution in [0.25, 0.3) is 0 Å². The van der Waals surface area contributed by atoms with Crippen LogP contribution in [0, 0.1) is 0 Å². The van der Waals surface area contributed by atoms with E-state index in [0.29, 0.717) is 0 Å². The Labute approximate surface area is 112 Å². The fourth-order valence-corrected chi connectivity index (χ4v) is 1.96. The second-order valence-electron chi connectivity index (χ2n) is 5.16. The zero-order chi connectivity index (χ0) is 13.4. The van der Waals surface area contributed by atoms with E-state index in [-0.39, 0.29) is 0 Å². The predicted molar refractivity (Wildman–Crippen MR) is 79.0 cm³/mol. The van der Waals surface area contributed by atoms with E-state index in [9.17, 15) is 0 Å². The van der Waals surface area contributed by atoms with Crippen LogP contribution in [-0.4, -0.2) is 57.6 Å². The highest BCUT2D eigenvalue weighted by molar-refractivity contribution is 5.27. The average molecular weight is 249 g/mol. The third-order valence-electron chi connectivity index (χ3n) is 3.13. The van der Waals surface area contributed by atoms with Crippen molar-refractivity contribution in [3.8, 4) is 0 Å². The van der Waals surface area contributed by atoms with E-state index in [4.69, 9.17) is 0 Å². The van der Waals surface area contributed by atoms with Crippen LogP contribution in [0.2, 0.25) is 0 Å². The molecule has 3 heteroatoms. The quantitative estimate of drug-likeness (QED) is 0.752. The number of nitrogens with one attached hydrogen (secondary N) is 1. The smallest absolute Gasteiger partial charge is 0.0233 e. The van der Waals surface area contributed by atoms with Gasteiger partial charge in [-0.05, 0) is 52.3 Å². The van der Waals surface area contributed by atoms with E-state index >= 15 is 0 Å². The molecule has 102 valence electrons. The van der Waals surface area contributed by atoms with Crippen LogP contribution < -0.4 is 5.32 Å². The summed E-state index contributed by atoms with van der Waals surface area (Å²) >= 11 is 0. The molecular formula is C15H27N3. The number of benzene rings is 1. The number of hydrogen-bond acceptors (Lipinski definition) is 3. The molecule has 0 bridgehead atoms. The van der Waals surface area contributed by atoms with E-state index in [1.165, 1.54) is 11.1 Å². The molecular weight excluding hydrogens is 222 g/mol. The van der Waals surface area contributed by atoms with Crippen molar-refractivity contribution in [1.82, 2.24) is 15.1 Å². The molecule has 1 aromatic carbocycles. The summed E-state index contributed by atoms with van der Waals surface area (Å²) in [6.07, 6.45) is 1.11. The van der Waals surface area contributed by atoms with Gasteiger partial charge in [-0.1, -0.05) is 24.3 Å². The maximum Gasteiger partial charge on any atom is 0.0233 e. The summed E-state index contributed by atoms with van der Waals surface area (Å²) < 4.78 is 0. The second-order valence-corrected chi connectivity index (χ2v) is 5.16. The molecule has 0 atom stereocenters. The average Bonchev–Trinajstić information content (AvgIpc) is 2.35. The third-order valence-corrected chi connectivity index (χ3v) is 3.13. The number of hydrogen-bond donors (Lipinski definition) is 1. The molecule has 0 aromatic heterocycles. The molecule has 0 spiro atoms. The lowest BCUT2D eigenvalue weighted by molar-refractivity contribution is 0.276. The third kappa shape index (κ3) is 5.63. The van der Waals surface area contributed by atoms with Gasteiger partial charge in [0.2, 0.25) is 0 Å². The zero-order valence-electron chi connectivity index (χ0n) is 12.2. The first-order valence-electron chi connectivity index (χ1n) is 6.68. The fourth-order valence-electron chi connectivity index (χ4n) is 1.96. The van der Waals surface area contributed by atoms with Gasteiger partial charge in [-0.15, -0.1) is 0 Å². The predicted octanol–water partition coefficient (Wildman–Crippen LogP) is 1.44. The van der Waals surface area contributed by atoms with Crippen molar-refractivity contribution in [2.45, 2.75) is 13.0 Å². The maximum atomic E-state index is 3.22. The van der Waals surface area contributed by atoms with E-state index < -0.39 is 0 Å². The van der Waals surface area contributed by atoms with Crippen LogP contribution in [0.3, 0.4) is 0 Å². The van der Waals surface area contributed by atoms with Crippen LogP contribution in [0.15, 0.2) is 24.3 Å². The van der Waals surface area contributed by atoms with E-state index in [1.54, 1.807) is 0 Å². The Morgan fingerprint density at radius 2 is 1.67 bits per heavy atom. The molecule has 0 amide bonds. The van der Waals surface area contributed by atoms with Gasteiger partial charge in [-0.3, -0.25) is 0 Å². The second kappa shape index (κ2) is 8.25. The molecule has 1 aromatic rings. The lowest BCUT2D eigenvalue weighted by Crippen LogP contribution is -2.28. The first kappa shape index (κ1) is 15.2. The number of likely N-dealkylation sites (N-methyl/N-ethyl adjacent to an activating group) is 3. The molecule has 0 saturated heterocycles. The molecule has 0 aliphatic carbocycles. The lowest BCUT2D eigenvalue weighted by Gasteiger charge is -2.21. The van der Waals surface area contributed by atoms with Crippen molar-refractivity contribution < 1.29 is 0 Å². The van der Waals surface area contributed by atoms with Crippen LogP contribution in [0.5, 0.6) is 0 Å². The Morgan fingerprint density at radius 3 is 2.28 bits per heavy atom. The van der Waals surface area contributed by atoms with Gasteiger partial charge in [0, 0.05) is 19.6 Å². The zero-order valence-corrected chi connectivity index (χ0v) is 12.2. The minimum absolute atomic E-state index is 1.04. The van der Waals surface area contributed by atoms with E-state index in [0.717, 1.165) is 32.6 Å². The molecule has 3 nitrogen and oxygen atoms in total. The van der Waals surface area contributed by atoms with Crippen molar-refractivity contribution in [3.63, 3.8) is 0 Å². The Morgan fingerprint density at radius 1 is 1.00 bits per heavy atom. The maximum absolute atomic E-state index is 3.22. The topological polar surface area (TPSA) is 18.5 Å². The van der Waals surface area contributed by atoms with Gasteiger partial charge in [-0.25, -0.2) is 0 Å². The summed E-state index contributed by atoms with van der Waals surface area (Å²) in [6.45, 7) is 4.29. The Balaban J connectivity index is 2.54. The summed E-state index contributed by atoms with van der Waals surface area (Å²) in [5.41, 5.74) is 2.91. The fraction of sp³-hybridized carbons (Fsp3) is 0.600. The highest BCUT2D eigenvalue weighted by Gasteiger charge is 2.05. The van der Waals surface area contributed by atoms with Gasteiger partial charge >= 0.3 is 0 Å². The molecule has 0 aliphatic heterocycles. The van der Waals surface area contributed by atoms with E-state index in [2.05, 4.69) is 60.5 Å². The van der Waals surface area contributed by atoms with Crippen LogP contribution in [0.1, 0.15) is 11.1 Å². The van der Waals surface area contributed by atoms with Gasteiger partial charge in [0.15, 0.2) is 0 Å². The summed E-state index contributed by atoms with van der Waals surface area (Å²) in [6, 6.07) is 8.76. The molecule has 0 unspecified atom stereocenters. The highest BCUT2D eigenvalue weighted by atomic mass is 15.1. The number of nitrogens with zero attached hydrogens (tertiary/aromatic N) is 2. The highest BCUT2D eigenvalue weighted by Crippen LogP contribution is 2.11. The van der Waals surface area contributed by atoms with Crippen molar-refractivity contribution in [2.24, 2.45) is 0 Å². The molecule has 1 N–H and O–H groups in total. The normalized spacial score (nSPS) is 11.4. The standard InChI is InChI=1S/C15H27N3/c1-16-10-9-14-7-5-6-8-15(14)13-18(4)12-11-17(2)3/h5-8,16H,9-13H2,1-4H3. The van der Waals surface area contributed by atoms with Crippen molar-refractivity contribution in [3.05, 3.63) is 35.4 Å². The van der Waals surface area contributed by atoms with Gasteiger partial charge in [0.25, 0.3) is 0 Å². The molecule has 0 fully saturated rings. The molecule has 0 heterocycles. The first-order valence-corrected chi connectivity index (χ1v) is 6.68. The Kier molecular flexibility index (Phi) is 6.94. The van der Waals surface area contributed by atoms with Crippen LogP contribution in [0.4, 0.5) is 0 Å². The molecule has 0 aliphatic rings. The summed E-state index contributed by atoms with van der Waals surface area (Å²) in [5, 5.41) is 3.22. The molecule has 0 radical (unpaired) electrons. The molecule has 1 rings (SSSR count). The van der Waals surface area contributed by atoms with Crippen molar-refractivity contribution >= 4 is 0 Å². The van der Waals surface area contributed by atoms with Gasteiger partial charge in [0.05, 0.1) is 0 Å². The van der Waals surface area contributed by atoms with Gasteiger partial charge in [0.1, 0.15) is 0 Å². The van der Waals surface area contributed by atoms with Crippen LogP contribution >= 0.6 is 0 Å². The Hall–Kier alpha value is -0.900. The minimum atomic E-state index is 1.04. The largest absolute Gasteiger partial charge is 0.319 e. The molecule has 0 saturated carbocycles. The number of rotatable bonds is 8. The first-order chi connectivity index (χ1) is 8.63. The van der Waals surface area contributed by atoms with E-state index in [1.807, 2.05) is 7.05 Å². The van der Waals surface area contributed by atoms with Crippen molar-refractivity contribution in [2.75, 3.05) is 47.8 Å². The van der Waals surface area contributed by atoms with Crippen molar-refractivity contribution in [1.29, 1.82) is 0 Å². The van der Waals surface area contributed by atoms with Gasteiger partial charge < -0.3 is 15.1 Å². The Bertz CT molecular complexity index is 336. The van der Waals surface area contributed by atoms with Crippen LogP contribution in [-0.2, 0) is 13.0 Å². The summed E-state index contributed by atoms with van der Waals surface area (Å²) in [5.74, 6) is 0. The molecule has 18 heavy (non-hydrogen) atoms. The SMILES string of the molecule is CNCCc1ccccc1CN(C)CCN(C)C. The lowest BCUT2D eigenvalue weighted by atomic mass is 10.0.